The molecule has 0 atom stereocenters. The van der Waals surface area contributed by atoms with E-state index in [1.54, 1.807) is 11.3 Å². The lowest BCUT2D eigenvalue weighted by Crippen LogP contribution is -1.97. The van der Waals surface area contributed by atoms with Gasteiger partial charge in [0.05, 0.1) is 10.6 Å². The van der Waals surface area contributed by atoms with Crippen molar-refractivity contribution in [3.8, 4) is 11.4 Å². The number of nitrogens with two attached hydrogens (primary N) is 1. The maximum atomic E-state index is 6.04. The Kier molecular flexibility index (Phi) is 2.86. The highest BCUT2D eigenvalue weighted by Crippen LogP contribution is 2.36. The van der Waals surface area contributed by atoms with Crippen molar-refractivity contribution >= 4 is 16.3 Å². The number of anilines is 1. The normalized spacial score (nSPS) is 16.6. The van der Waals surface area contributed by atoms with E-state index < -0.39 is 0 Å². The van der Waals surface area contributed by atoms with Crippen molar-refractivity contribution in [1.29, 1.82) is 0 Å². The van der Waals surface area contributed by atoms with Gasteiger partial charge in [0.25, 0.3) is 0 Å². The molecule has 18 heavy (non-hydrogen) atoms. The highest BCUT2D eigenvalue weighted by Gasteiger charge is 2.23. The van der Waals surface area contributed by atoms with E-state index in [0.717, 1.165) is 22.2 Å². The zero-order valence-corrected chi connectivity index (χ0v) is 11.6. The Morgan fingerprint density at radius 1 is 1.39 bits per heavy atom. The Labute approximate surface area is 111 Å². The summed E-state index contributed by atoms with van der Waals surface area (Å²) in [6.45, 7) is 2.07. The molecule has 0 bridgehead atoms. The molecule has 3 rings (SSSR count). The largest absolute Gasteiger partial charge is 0.390 e. The van der Waals surface area contributed by atoms with Gasteiger partial charge in [-0.15, -0.1) is 11.3 Å². The van der Waals surface area contributed by atoms with E-state index in [1.807, 2.05) is 11.7 Å². The van der Waals surface area contributed by atoms with Crippen molar-refractivity contribution in [2.75, 3.05) is 5.73 Å². The van der Waals surface area contributed by atoms with Crippen LogP contribution in [-0.4, -0.2) is 14.8 Å². The van der Waals surface area contributed by atoms with E-state index in [2.05, 4.69) is 18.1 Å². The standard InChI is InChI=1S/C13H18N4S/c1-8-7-10(11(14)18-8)13-15-12(16-17(13)2)9-5-3-4-6-9/h7,9H,3-6,14H2,1-2H3. The van der Waals surface area contributed by atoms with E-state index in [1.165, 1.54) is 30.6 Å². The first-order valence-corrected chi connectivity index (χ1v) is 7.24. The van der Waals surface area contributed by atoms with Gasteiger partial charge < -0.3 is 5.73 Å². The molecule has 4 nitrogen and oxygen atoms in total. The molecule has 2 aromatic heterocycles. The summed E-state index contributed by atoms with van der Waals surface area (Å²) in [6, 6.07) is 2.10. The molecule has 96 valence electrons. The quantitative estimate of drug-likeness (QED) is 0.904. The van der Waals surface area contributed by atoms with Crippen LogP contribution in [0.25, 0.3) is 11.4 Å². The first kappa shape index (κ1) is 11.7. The molecular formula is C13H18N4S. The van der Waals surface area contributed by atoms with E-state index in [0.29, 0.717) is 5.92 Å². The average Bonchev–Trinajstić information content (AvgIpc) is 2.98. The highest BCUT2D eigenvalue weighted by molar-refractivity contribution is 7.16. The fourth-order valence-electron chi connectivity index (χ4n) is 2.70. The van der Waals surface area contributed by atoms with Gasteiger partial charge in [0.15, 0.2) is 11.6 Å². The third-order valence-corrected chi connectivity index (χ3v) is 4.50. The minimum absolute atomic E-state index is 0.547. The van der Waals surface area contributed by atoms with Gasteiger partial charge in [0, 0.05) is 17.8 Å². The first-order chi connectivity index (χ1) is 8.65. The molecular weight excluding hydrogens is 244 g/mol. The van der Waals surface area contributed by atoms with Crippen molar-refractivity contribution in [3.63, 3.8) is 0 Å². The second-order valence-corrected chi connectivity index (χ2v) is 6.32. The van der Waals surface area contributed by atoms with Gasteiger partial charge in [-0.05, 0) is 25.8 Å². The zero-order chi connectivity index (χ0) is 12.7. The molecule has 2 aromatic rings. The van der Waals surface area contributed by atoms with Crippen LogP contribution in [0.3, 0.4) is 0 Å². The number of aryl methyl sites for hydroxylation is 2. The molecule has 0 unspecified atom stereocenters. The molecule has 1 aliphatic rings. The molecule has 0 radical (unpaired) electrons. The monoisotopic (exact) mass is 262 g/mol. The SMILES string of the molecule is Cc1cc(-c2nc(C3CCCC3)nn2C)c(N)s1. The third-order valence-electron chi connectivity index (χ3n) is 3.62. The van der Waals surface area contributed by atoms with Crippen molar-refractivity contribution in [2.24, 2.45) is 7.05 Å². The molecule has 0 aliphatic heterocycles. The topological polar surface area (TPSA) is 56.7 Å². The van der Waals surface area contributed by atoms with Crippen LogP contribution >= 0.6 is 11.3 Å². The fraction of sp³-hybridized carbons (Fsp3) is 0.538. The number of rotatable bonds is 2. The summed E-state index contributed by atoms with van der Waals surface area (Å²) in [7, 11) is 1.95. The van der Waals surface area contributed by atoms with Gasteiger partial charge in [-0.2, -0.15) is 5.10 Å². The van der Waals surface area contributed by atoms with Gasteiger partial charge in [-0.1, -0.05) is 12.8 Å². The van der Waals surface area contributed by atoms with Crippen LogP contribution in [0, 0.1) is 6.92 Å². The van der Waals surface area contributed by atoms with E-state index in [9.17, 15) is 0 Å². The van der Waals surface area contributed by atoms with Crippen molar-refractivity contribution in [2.45, 2.75) is 38.5 Å². The lowest BCUT2D eigenvalue weighted by Gasteiger charge is -2.00. The molecule has 1 aliphatic carbocycles. The van der Waals surface area contributed by atoms with Crippen LogP contribution in [0.15, 0.2) is 6.07 Å². The van der Waals surface area contributed by atoms with Crippen molar-refractivity contribution < 1.29 is 0 Å². The van der Waals surface area contributed by atoms with Crippen LogP contribution in [0.2, 0.25) is 0 Å². The zero-order valence-electron chi connectivity index (χ0n) is 10.8. The van der Waals surface area contributed by atoms with Gasteiger partial charge in [0.1, 0.15) is 0 Å². The minimum atomic E-state index is 0.547. The molecule has 0 spiro atoms. The summed E-state index contributed by atoms with van der Waals surface area (Å²) in [6.07, 6.45) is 5.05. The Bertz CT molecular complexity index is 564. The molecule has 1 saturated carbocycles. The Morgan fingerprint density at radius 2 is 2.11 bits per heavy atom. The van der Waals surface area contributed by atoms with Crippen molar-refractivity contribution in [1.82, 2.24) is 14.8 Å². The predicted octanol–water partition coefficient (Wildman–Crippen LogP) is 3.09. The van der Waals surface area contributed by atoms with Crippen LogP contribution in [0.4, 0.5) is 5.00 Å². The van der Waals surface area contributed by atoms with Crippen LogP contribution in [0.5, 0.6) is 0 Å². The first-order valence-electron chi connectivity index (χ1n) is 6.42. The maximum Gasteiger partial charge on any atom is 0.161 e. The molecule has 0 saturated heterocycles. The minimum Gasteiger partial charge on any atom is -0.390 e. The Hall–Kier alpha value is -1.36. The number of hydrogen-bond acceptors (Lipinski definition) is 4. The second kappa shape index (κ2) is 4.39. The van der Waals surface area contributed by atoms with Crippen LogP contribution in [-0.2, 0) is 7.05 Å². The van der Waals surface area contributed by atoms with E-state index >= 15 is 0 Å². The summed E-state index contributed by atoms with van der Waals surface area (Å²) in [5, 5.41) is 5.41. The summed E-state index contributed by atoms with van der Waals surface area (Å²) >= 11 is 1.61. The molecule has 0 aromatic carbocycles. The molecule has 1 fully saturated rings. The summed E-state index contributed by atoms with van der Waals surface area (Å²) in [5.41, 5.74) is 7.07. The number of thiophene rings is 1. The van der Waals surface area contributed by atoms with Gasteiger partial charge in [-0.3, -0.25) is 0 Å². The number of nitrogen functional groups attached to an aromatic ring is 1. The highest BCUT2D eigenvalue weighted by atomic mass is 32.1. The summed E-state index contributed by atoms with van der Waals surface area (Å²) in [5.74, 6) is 2.44. The number of nitrogens with zero attached hydrogens (tertiary/aromatic N) is 3. The smallest absolute Gasteiger partial charge is 0.161 e. The predicted molar refractivity (Wildman–Crippen MR) is 74.7 cm³/mol. The third kappa shape index (κ3) is 1.92. The number of hydrogen-bond donors (Lipinski definition) is 1. The average molecular weight is 262 g/mol. The van der Waals surface area contributed by atoms with E-state index in [4.69, 9.17) is 10.7 Å². The Morgan fingerprint density at radius 3 is 2.72 bits per heavy atom. The van der Waals surface area contributed by atoms with E-state index in [-0.39, 0.29) is 0 Å². The summed E-state index contributed by atoms with van der Waals surface area (Å²) in [4.78, 5) is 5.93. The molecule has 0 amide bonds. The maximum absolute atomic E-state index is 6.04. The van der Waals surface area contributed by atoms with Gasteiger partial charge in [0.2, 0.25) is 0 Å². The fourth-order valence-corrected chi connectivity index (χ4v) is 3.49. The summed E-state index contributed by atoms with van der Waals surface area (Å²) < 4.78 is 1.87. The molecule has 5 heteroatoms. The lowest BCUT2D eigenvalue weighted by atomic mass is 10.1. The second-order valence-electron chi connectivity index (χ2n) is 5.03. The number of aromatic nitrogens is 3. The molecule has 2 heterocycles. The van der Waals surface area contributed by atoms with Crippen LogP contribution in [0.1, 0.15) is 42.3 Å². The van der Waals surface area contributed by atoms with Gasteiger partial charge in [-0.25, -0.2) is 9.67 Å². The molecule has 2 N–H and O–H groups in total. The van der Waals surface area contributed by atoms with Gasteiger partial charge >= 0.3 is 0 Å². The lowest BCUT2D eigenvalue weighted by molar-refractivity contribution is 0.648. The van der Waals surface area contributed by atoms with Crippen LogP contribution < -0.4 is 5.73 Å². The Balaban J connectivity index is 1.99. The van der Waals surface area contributed by atoms with Crippen molar-refractivity contribution in [3.05, 3.63) is 16.8 Å².